The highest BCUT2D eigenvalue weighted by Gasteiger charge is 2.07. The van der Waals surface area contributed by atoms with Gasteiger partial charge in [0.25, 0.3) is 5.26 Å². The van der Waals surface area contributed by atoms with Crippen LogP contribution in [0.2, 0.25) is 0 Å². The highest BCUT2D eigenvalue weighted by Crippen LogP contribution is 2.25. The third kappa shape index (κ3) is 1.79. The highest BCUT2D eigenvalue weighted by molar-refractivity contribution is 7.17. The fraction of sp³-hybridized carbons (Fsp3) is 0.125. The molecule has 74 valence electrons. The molecule has 0 amide bonds. The predicted octanol–water partition coefficient (Wildman–Crippen LogP) is 3.04. The number of hydrogen-bond donors (Lipinski definition) is 0. The van der Waals surface area contributed by atoms with Gasteiger partial charge >= 0.3 is 6.61 Å². The van der Waals surface area contributed by atoms with Crippen molar-refractivity contribution in [3.8, 4) is 5.75 Å². The van der Waals surface area contributed by atoms with Crippen LogP contribution in [0.25, 0.3) is 10.2 Å². The smallest absolute Gasteiger partial charge is 0.387 e. The monoisotopic (exact) mass is 219 g/mol. The molecular weight excluding hydrogens is 215 g/mol. The van der Waals surface area contributed by atoms with Crippen molar-refractivity contribution in [1.82, 2.24) is 4.98 Å². The van der Waals surface area contributed by atoms with Crippen LogP contribution in [-0.2, 0) is 0 Å². The first-order valence-electron chi connectivity index (χ1n) is 3.66. The van der Waals surface area contributed by atoms with Crippen LogP contribution in [0.3, 0.4) is 0 Å². The normalized spacial score (nSPS) is 11.1. The SMILES string of the molecule is Fc1nc2cc(OC(F)F)ccc2s1. The van der Waals surface area contributed by atoms with Gasteiger partial charge in [-0.3, -0.25) is 0 Å². The first-order valence-corrected chi connectivity index (χ1v) is 4.48. The van der Waals surface area contributed by atoms with Gasteiger partial charge in [0, 0.05) is 6.07 Å². The number of hydrogen-bond acceptors (Lipinski definition) is 3. The Balaban J connectivity index is 2.40. The lowest BCUT2D eigenvalue weighted by Crippen LogP contribution is -2.01. The van der Waals surface area contributed by atoms with Gasteiger partial charge in [-0.2, -0.15) is 13.2 Å². The van der Waals surface area contributed by atoms with Gasteiger partial charge in [-0.1, -0.05) is 11.3 Å². The Morgan fingerprint density at radius 2 is 2.14 bits per heavy atom. The minimum atomic E-state index is -2.88. The summed E-state index contributed by atoms with van der Waals surface area (Å²) in [6, 6.07) is 4.13. The number of nitrogens with zero attached hydrogens (tertiary/aromatic N) is 1. The van der Waals surface area contributed by atoms with Crippen molar-refractivity contribution in [1.29, 1.82) is 0 Å². The molecule has 0 fully saturated rings. The number of rotatable bonds is 2. The number of benzene rings is 1. The summed E-state index contributed by atoms with van der Waals surface area (Å²) >= 11 is 0.859. The van der Waals surface area contributed by atoms with Crippen molar-refractivity contribution in [3.05, 3.63) is 23.5 Å². The quantitative estimate of drug-likeness (QED) is 0.774. The topological polar surface area (TPSA) is 22.1 Å². The molecule has 0 saturated heterocycles. The maximum atomic E-state index is 12.6. The number of fused-ring (bicyclic) bond motifs is 1. The first kappa shape index (κ1) is 9.26. The van der Waals surface area contributed by atoms with E-state index in [0.717, 1.165) is 11.3 Å². The molecule has 0 aliphatic rings. The van der Waals surface area contributed by atoms with Crippen LogP contribution in [0.4, 0.5) is 13.2 Å². The summed E-state index contributed by atoms with van der Waals surface area (Å²) in [5, 5.41) is -0.589. The molecule has 0 atom stereocenters. The maximum Gasteiger partial charge on any atom is 0.387 e. The molecule has 1 aromatic heterocycles. The van der Waals surface area contributed by atoms with Gasteiger partial charge in [-0.25, -0.2) is 4.98 Å². The van der Waals surface area contributed by atoms with Crippen molar-refractivity contribution < 1.29 is 17.9 Å². The summed E-state index contributed by atoms with van der Waals surface area (Å²) < 4.78 is 41.0. The number of thiazole rings is 1. The van der Waals surface area contributed by atoms with Gasteiger partial charge in [0.15, 0.2) is 0 Å². The van der Waals surface area contributed by atoms with Crippen LogP contribution >= 0.6 is 11.3 Å². The average molecular weight is 219 g/mol. The lowest BCUT2D eigenvalue weighted by Gasteiger charge is -2.02. The number of alkyl halides is 2. The summed E-state index contributed by atoms with van der Waals surface area (Å²) in [5.41, 5.74) is 0.325. The molecule has 2 nitrogen and oxygen atoms in total. The zero-order valence-corrected chi connectivity index (χ0v) is 7.52. The van der Waals surface area contributed by atoms with E-state index in [1.807, 2.05) is 0 Å². The second-order valence-electron chi connectivity index (χ2n) is 2.47. The third-order valence-electron chi connectivity index (χ3n) is 1.56. The van der Waals surface area contributed by atoms with Crippen molar-refractivity contribution >= 4 is 21.6 Å². The zero-order chi connectivity index (χ0) is 10.1. The van der Waals surface area contributed by atoms with Crippen LogP contribution in [0, 0.1) is 5.26 Å². The van der Waals surface area contributed by atoms with Gasteiger partial charge in [-0.15, -0.1) is 0 Å². The number of halogens is 3. The van der Waals surface area contributed by atoms with Crippen LogP contribution in [0.1, 0.15) is 0 Å². The van der Waals surface area contributed by atoms with Gasteiger partial charge < -0.3 is 4.74 Å². The summed E-state index contributed by atoms with van der Waals surface area (Å²) in [7, 11) is 0. The Morgan fingerprint density at radius 3 is 2.86 bits per heavy atom. The van der Waals surface area contributed by atoms with E-state index in [2.05, 4.69) is 9.72 Å². The Kier molecular flexibility index (Phi) is 2.28. The van der Waals surface area contributed by atoms with E-state index in [0.29, 0.717) is 10.2 Å². The van der Waals surface area contributed by atoms with Crippen molar-refractivity contribution in [2.45, 2.75) is 6.61 Å². The van der Waals surface area contributed by atoms with Gasteiger partial charge in [0.2, 0.25) is 0 Å². The van der Waals surface area contributed by atoms with Crippen molar-refractivity contribution in [2.75, 3.05) is 0 Å². The zero-order valence-electron chi connectivity index (χ0n) is 6.71. The molecule has 0 bridgehead atoms. The van der Waals surface area contributed by atoms with Gasteiger partial charge in [-0.05, 0) is 12.1 Å². The lowest BCUT2D eigenvalue weighted by molar-refractivity contribution is -0.0497. The fourth-order valence-electron chi connectivity index (χ4n) is 1.06. The molecule has 6 heteroatoms. The number of aromatic nitrogens is 1. The molecule has 0 unspecified atom stereocenters. The molecule has 0 radical (unpaired) electrons. The maximum absolute atomic E-state index is 12.6. The average Bonchev–Trinajstić information content (AvgIpc) is 2.42. The molecule has 0 N–H and O–H groups in total. The second kappa shape index (κ2) is 3.45. The van der Waals surface area contributed by atoms with E-state index < -0.39 is 11.9 Å². The molecule has 0 spiro atoms. The van der Waals surface area contributed by atoms with E-state index in [9.17, 15) is 13.2 Å². The largest absolute Gasteiger partial charge is 0.435 e. The van der Waals surface area contributed by atoms with Gasteiger partial charge in [0.05, 0.1) is 10.2 Å². The molecule has 0 saturated carbocycles. The van der Waals surface area contributed by atoms with Crippen LogP contribution in [0.15, 0.2) is 18.2 Å². The van der Waals surface area contributed by atoms with E-state index in [-0.39, 0.29) is 5.75 Å². The molecular formula is C8H4F3NOS. The Labute approximate surface area is 80.9 Å². The molecule has 1 aromatic carbocycles. The molecule has 0 aliphatic carbocycles. The Bertz CT molecular complexity index is 457. The van der Waals surface area contributed by atoms with E-state index in [1.165, 1.54) is 18.2 Å². The molecule has 2 rings (SSSR count). The van der Waals surface area contributed by atoms with Crippen LogP contribution in [0.5, 0.6) is 5.75 Å². The fourth-order valence-corrected chi connectivity index (χ4v) is 1.73. The number of ether oxygens (including phenoxy) is 1. The van der Waals surface area contributed by atoms with E-state index in [4.69, 9.17) is 0 Å². The molecule has 0 aliphatic heterocycles. The first-order chi connectivity index (χ1) is 6.65. The minimum Gasteiger partial charge on any atom is -0.435 e. The standard InChI is InChI=1S/C8H4F3NOS/c9-7(10)13-4-1-2-6-5(3-4)12-8(11)14-6/h1-3,7H. The van der Waals surface area contributed by atoms with E-state index in [1.54, 1.807) is 0 Å². The highest BCUT2D eigenvalue weighted by atomic mass is 32.1. The van der Waals surface area contributed by atoms with Crippen molar-refractivity contribution in [2.24, 2.45) is 0 Å². The molecule has 2 aromatic rings. The van der Waals surface area contributed by atoms with Crippen LogP contribution < -0.4 is 4.74 Å². The predicted molar refractivity (Wildman–Crippen MR) is 46.2 cm³/mol. The van der Waals surface area contributed by atoms with Crippen LogP contribution in [-0.4, -0.2) is 11.6 Å². The Morgan fingerprint density at radius 1 is 1.36 bits per heavy atom. The van der Waals surface area contributed by atoms with Crippen molar-refractivity contribution in [3.63, 3.8) is 0 Å². The van der Waals surface area contributed by atoms with Gasteiger partial charge in [0.1, 0.15) is 5.75 Å². The Hall–Kier alpha value is -1.30. The summed E-state index contributed by atoms with van der Waals surface area (Å²) in [5.74, 6) is -0.0159. The summed E-state index contributed by atoms with van der Waals surface area (Å²) in [4.78, 5) is 3.51. The summed E-state index contributed by atoms with van der Waals surface area (Å²) in [6.07, 6.45) is 0. The molecule has 1 heterocycles. The summed E-state index contributed by atoms with van der Waals surface area (Å²) in [6.45, 7) is -2.88. The lowest BCUT2D eigenvalue weighted by atomic mass is 10.3. The minimum absolute atomic E-state index is 0.0159. The van der Waals surface area contributed by atoms with E-state index >= 15 is 0 Å². The third-order valence-corrected chi connectivity index (χ3v) is 2.38. The molecule has 14 heavy (non-hydrogen) atoms. The second-order valence-corrected chi connectivity index (χ2v) is 3.46.